The Morgan fingerprint density at radius 2 is 0.780 bits per heavy atom. The predicted octanol–water partition coefficient (Wildman–Crippen LogP) is 14.0. The highest BCUT2D eigenvalue weighted by Crippen LogP contribution is 2.25. The van der Waals surface area contributed by atoms with Gasteiger partial charge in [0.05, 0.1) is 0 Å². The summed E-state index contributed by atoms with van der Waals surface area (Å²) in [5, 5.41) is 0.847. The molecular weight excluding hydrogens is 516 g/mol. The molecule has 0 fully saturated rings. The van der Waals surface area contributed by atoms with E-state index in [-0.39, 0.29) is 0 Å². The number of carbonyl (C=O) groups excluding carboxylic acids is 1. The molecule has 0 aromatic rings. The molecule has 2 heteroatoms. The molecule has 0 aromatic heterocycles. The topological polar surface area (TPSA) is 17.1 Å². The first-order valence-corrected chi connectivity index (χ1v) is 18.9. The highest BCUT2D eigenvalue weighted by molar-refractivity contribution is 8.14. The van der Waals surface area contributed by atoms with Crippen molar-refractivity contribution in [1.82, 2.24) is 0 Å². The van der Waals surface area contributed by atoms with Crippen LogP contribution in [0.5, 0.6) is 0 Å². The molecule has 0 aliphatic rings. The molecule has 0 aliphatic carbocycles. The molecule has 0 atom stereocenters. The van der Waals surface area contributed by atoms with Crippen molar-refractivity contribution in [2.24, 2.45) is 0 Å². The van der Waals surface area contributed by atoms with Gasteiger partial charge in [-0.2, -0.15) is 0 Å². The summed E-state index contributed by atoms with van der Waals surface area (Å²) in [6.07, 6.45) is 52.4. The summed E-state index contributed by atoms with van der Waals surface area (Å²) in [6.45, 7) is 6.27. The third kappa shape index (κ3) is 35.1. The standard InChI is InChI=1S/C39H70OS/c1-4-6-8-10-12-14-16-18-20-22-24-26-28-30-32-34-36-39(41-38(3)40)37-35-33-31-29-27-25-23-21-19-17-15-13-11-9-7-5-2/h12-15,18-21,39H,4-11,16-17,22-37H2,1-3H3/b14-12-,15-13-,20-18-,21-19-. The Labute approximate surface area is 262 Å². The monoisotopic (exact) mass is 587 g/mol. The fourth-order valence-corrected chi connectivity index (χ4v) is 6.26. The van der Waals surface area contributed by atoms with E-state index in [0.29, 0.717) is 10.4 Å². The second-order valence-corrected chi connectivity index (χ2v) is 13.5. The molecular formula is C39H70OS. The number of allylic oxidation sites excluding steroid dienone is 8. The zero-order valence-electron chi connectivity index (χ0n) is 27.9. The number of rotatable bonds is 31. The maximum absolute atomic E-state index is 11.7. The van der Waals surface area contributed by atoms with Gasteiger partial charge in [0.25, 0.3) is 0 Å². The summed E-state index contributed by atoms with van der Waals surface area (Å²) >= 11 is 1.61. The Morgan fingerprint density at radius 1 is 0.463 bits per heavy atom. The van der Waals surface area contributed by atoms with E-state index in [4.69, 9.17) is 0 Å². The lowest BCUT2D eigenvalue weighted by atomic mass is 10.0. The highest BCUT2D eigenvalue weighted by atomic mass is 32.2. The molecule has 0 heterocycles. The Morgan fingerprint density at radius 3 is 1.12 bits per heavy atom. The van der Waals surface area contributed by atoms with Crippen LogP contribution in [0.15, 0.2) is 48.6 Å². The summed E-state index contributed by atoms with van der Waals surface area (Å²) < 4.78 is 0. The minimum atomic E-state index is 0.301. The van der Waals surface area contributed by atoms with Crippen molar-refractivity contribution < 1.29 is 4.79 Å². The maximum atomic E-state index is 11.7. The van der Waals surface area contributed by atoms with Gasteiger partial charge in [-0.15, -0.1) is 0 Å². The highest BCUT2D eigenvalue weighted by Gasteiger charge is 2.11. The van der Waals surface area contributed by atoms with E-state index in [9.17, 15) is 4.79 Å². The third-order valence-electron chi connectivity index (χ3n) is 7.79. The molecule has 0 radical (unpaired) electrons. The second kappa shape index (κ2) is 35.2. The van der Waals surface area contributed by atoms with Gasteiger partial charge in [0, 0.05) is 12.2 Å². The zero-order valence-corrected chi connectivity index (χ0v) is 28.7. The molecule has 0 N–H and O–H groups in total. The molecule has 0 unspecified atom stereocenters. The van der Waals surface area contributed by atoms with Gasteiger partial charge in [0.2, 0.25) is 0 Å². The summed E-state index contributed by atoms with van der Waals surface area (Å²) in [7, 11) is 0. The third-order valence-corrected chi connectivity index (χ3v) is 8.92. The molecule has 0 saturated carbocycles. The summed E-state index contributed by atoms with van der Waals surface area (Å²) in [5.74, 6) is 0. The normalized spacial score (nSPS) is 12.4. The lowest BCUT2D eigenvalue weighted by Crippen LogP contribution is -2.05. The lowest BCUT2D eigenvalue weighted by molar-refractivity contribution is -0.109. The minimum Gasteiger partial charge on any atom is -0.288 e. The smallest absolute Gasteiger partial charge is 0.186 e. The Bertz CT molecular complexity index is 596. The molecule has 0 bridgehead atoms. The van der Waals surface area contributed by atoms with Crippen LogP contribution in [0.3, 0.4) is 0 Å². The van der Waals surface area contributed by atoms with E-state index in [0.717, 1.165) is 12.8 Å². The van der Waals surface area contributed by atoms with Crippen LogP contribution < -0.4 is 0 Å². The number of hydrogen-bond acceptors (Lipinski definition) is 2. The van der Waals surface area contributed by atoms with E-state index in [1.54, 1.807) is 18.7 Å². The van der Waals surface area contributed by atoms with Crippen LogP contribution >= 0.6 is 11.8 Å². The van der Waals surface area contributed by atoms with Gasteiger partial charge in [-0.1, -0.05) is 164 Å². The SMILES string of the molecule is CCCCC/C=C\C/C=C\CCCCCCCCC(CCCCCCCC/C=C\C/C=C\CCCCC)SC(C)=O. The van der Waals surface area contributed by atoms with E-state index >= 15 is 0 Å². The number of carbonyl (C=O) groups is 1. The predicted molar refractivity (Wildman–Crippen MR) is 190 cm³/mol. The van der Waals surface area contributed by atoms with Crippen molar-refractivity contribution in [3.8, 4) is 0 Å². The zero-order chi connectivity index (χ0) is 29.9. The first-order chi connectivity index (χ1) is 20.2. The van der Waals surface area contributed by atoms with Gasteiger partial charge in [-0.3, -0.25) is 4.79 Å². The molecule has 0 rings (SSSR count). The van der Waals surface area contributed by atoms with Crippen LogP contribution in [-0.4, -0.2) is 10.4 Å². The molecule has 0 spiro atoms. The average Bonchev–Trinajstić information content (AvgIpc) is 2.96. The quantitative estimate of drug-likeness (QED) is 0.0593. The fraction of sp³-hybridized carbons (Fsp3) is 0.769. The lowest BCUT2D eigenvalue weighted by Gasteiger charge is -2.14. The Kier molecular flexibility index (Phi) is 34.3. The van der Waals surface area contributed by atoms with Crippen molar-refractivity contribution in [3.63, 3.8) is 0 Å². The molecule has 1 nitrogen and oxygen atoms in total. The van der Waals surface area contributed by atoms with Crippen LogP contribution in [0, 0.1) is 0 Å². The van der Waals surface area contributed by atoms with Gasteiger partial charge in [-0.25, -0.2) is 0 Å². The van der Waals surface area contributed by atoms with Crippen molar-refractivity contribution >= 4 is 16.9 Å². The summed E-state index contributed by atoms with van der Waals surface area (Å²) in [5.41, 5.74) is 0. The van der Waals surface area contributed by atoms with E-state index in [1.165, 1.54) is 154 Å². The van der Waals surface area contributed by atoms with Gasteiger partial charge >= 0.3 is 0 Å². The minimum absolute atomic E-state index is 0.301. The second-order valence-electron chi connectivity index (χ2n) is 12.0. The van der Waals surface area contributed by atoms with Crippen molar-refractivity contribution in [3.05, 3.63) is 48.6 Å². The summed E-state index contributed by atoms with van der Waals surface area (Å²) in [6, 6.07) is 0. The number of thioether (sulfide) groups is 1. The Balaban J connectivity index is 3.63. The number of unbranched alkanes of at least 4 members (excludes halogenated alkanes) is 18. The Hall–Kier alpha value is -1.02. The number of hydrogen-bond donors (Lipinski definition) is 0. The van der Waals surface area contributed by atoms with Crippen molar-refractivity contribution in [2.75, 3.05) is 0 Å². The van der Waals surface area contributed by atoms with E-state index in [1.807, 2.05) is 0 Å². The van der Waals surface area contributed by atoms with Crippen LogP contribution in [-0.2, 0) is 4.79 Å². The average molecular weight is 587 g/mol. The van der Waals surface area contributed by atoms with Gasteiger partial charge in [-0.05, 0) is 77.0 Å². The molecule has 0 saturated heterocycles. The molecule has 238 valence electrons. The molecule has 41 heavy (non-hydrogen) atoms. The van der Waals surface area contributed by atoms with E-state index in [2.05, 4.69) is 62.5 Å². The van der Waals surface area contributed by atoms with Crippen molar-refractivity contribution in [2.45, 2.75) is 193 Å². The largest absolute Gasteiger partial charge is 0.288 e. The first-order valence-electron chi connectivity index (χ1n) is 18.0. The maximum Gasteiger partial charge on any atom is 0.186 e. The van der Waals surface area contributed by atoms with Crippen molar-refractivity contribution in [1.29, 1.82) is 0 Å². The molecule has 0 amide bonds. The van der Waals surface area contributed by atoms with Crippen LogP contribution in [0.1, 0.15) is 188 Å². The van der Waals surface area contributed by atoms with Gasteiger partial charge in [0.1, 0.15) is 0 Å². The van der Waals surface area contributed by atoms with Gasteiger partial charge < -0.3 is 0 Å². The summed E-state index contributed by atoms with van der Waals surface area (Å²) in [4.78, 5) is 11.7. The molecule has 0 aliphatic heterocycles. The van der Waals surface area contributed by atoms with E-state index < -0.39 is 0 Å². The fourth-order valence-electron chi connectivity index (χ4n) is 5.22. The van der Waals surface area contributed by atoms with Crippen LogP contribution in [0.25, 0.3) is 0 Å². The van der Waals surface area contributed by atoms with Crippen LogP contribution in [0.2, 0.25) is 0 Å². The van der Waals surface area contributed by atoms with Gasteiger partial charge in [0.15, 0.2) is 5.12 Å². The van der Waals surface area contributed by atoms with Crippen LogP contribution in [0.4, 0.5) is 0 Å². The first kappa shape index (κ1) is 40.0. The molecule has 0 aromatic carbocycles.